The highest BCUT2D eigenvalue weighted by atomic mass is 32.1. The lowest BCUT2D eigenvalue weighted by molar-refractivity contribution is -0.643. The molecule has 0 amide bonds. The van der Waals surface area contributed by atoms with Crippen molar-refractivity contribution in [3.05, 3.63) is 54.7 Å². The van der Waals surface area contributed by atoms with Crippen LogP contribution in [0.3, 0.4) is 0 Å². The second-order valence-electron chi connectivity index (χ2n) is 4.59. The topological polar surface area (TPSA) is 3.88 Å². The summed E-state index contributed by atoms with van der Waals surface area (Å²) < 4.78 is 4.94. The Morgan fingerprint density at radius 3 is 2.44 bits per heavy atom. The Kier molecular flexibility index (Phi) is 1.97. The highest BCUT2D eigenvalue weighted by Crippen LogP contribution is 2.36. The van der Waals surface area contributed by atoms with Crippen LogP contribution in [0.1, 0.15) is 0 Å². The van der Waals surface area contributed by atoms with Crippen molar-refractivity contribution in [3.63, 3.8) is 0 Å². The number of fused-ring (bicyclic) bond motifs is 5. The maximum absolute atomic E-state index is 2.24. The van der Waals surface area contributed by atoms with E-state index in [4.69, 9.17) is 0 Å². The summed E-state index contributed by atoms with van der Waals surface area (Å²) in [5, 5.41) is 4.11. The summed E-state index contributed by atoms with van der Waals surface area (Å²) in [6.45, 7) is 0. The van der Waals surface area contributed by atoms with Crippen LogP contribution in [-0.2, 0) is 7.05 Å². The molecule has 0 aliphatic rings. The molecule has 4 rings (SSSR count). The Morgan fingerprint density at radius 2 is 1.56 bits per heavy atom. The van der Waals surface area contributed by atoms with E-state index in [0.29, 0.717) is 0 Å². The maximum Gasteiger partial charge on any atom is 0.212 e. The molecule has 2 heterocycles. The largest absolute Gasteiger partial charge is 0.212 e. The SMILES string of the molecule is C[n+]1cc2sc3ccccc3c2c2ccccc21. The first-order chi connectivity index (χ1) is 8.84. The van der Waals surface area contributed by atoms with Crippen LogP contribution >= 0.6 is 11.3 Å². The fourth-order valence-electron chi connectivity index (χ4n) is 2.67. The van der Waals surface area contributed by atoms with E-state index < -0.39 is 0 Å². The van der Waals surface area contributed by atoms with Crippen LogP contribution in [0.5, 0.6) is 0 Å². The second kappa shape index (κ2) is 3.53. The van der Waals surface area contributed by atoms with Crippen LogP contribution < -0.4 is 4.57 Å². The summed E-state index contributed by atoms with van der Waals surface area (Å²) in [5.41, 5.74) is 1.29. The van der Waals surface area contributed by atoms with Gasteiger partial charge in [0.25, 0.3) is 0 Å². The average molecular weight is 250 g/mol. The Labute approximate surface area is 109 Å². The van der Waals surface area contributed by atoms with E-state index in [0.717, 1.165) is 0 Å². The van der Waals surface area contributed by atoms with E-state index >= 15 is 0 Å². The number of nitrogens with zero attached hydrogens (tertiary/aromatic N) is 1. The maximum atomic E-state index is 2.24. The van der Waals surface area contributed by atoms with Crippen molar-refractivity contribution in [2.24, 2.45) is 7.05 Å². The fraction of sp³-hybridized carbons (Fsp3) is 0.0625. The number of aromatic nitrogens is 1. The van der Waals surface area contributed by atoms with Gasteiger partial charge in [-0.05, 0) is 12.1 Å². The number of rotatable bonds is 0. The average Bonchev–Trinajstić information content (AvgIpc) is 2.77. The van der Waals surface area contributed by atoms with Gasteiger partial charge in [-0.25, -0.2) is 0 Å². The van der Waals surface area contributed by atoms with Crippen molar-refractivity contribution < 1.29 is 4.57 Å². The van der Waals surface area contributed by atoms with E-state index in [1.165, 1.54) is 31.1 Å². The first-order valence-electron chi connectivity index (χ1n) is 6.03. The summed E-state index contributed by atoms with van der Waals surface area (Å²) in [4.78, 5) is 0. The number of aryl methyl sites for hydroxylation is 1. The van der Waals surface area contributed by atoms with Crippen molar-refractivity contribution in [1.82, 2.24) is 0 Å². The second-order valence-corrected chi connectivity index (χ2v) is 5.68. The molecule has 0 aliphatic carbocycles. The third-order valence-electron chi connectivity index (χ3n) is 3.49. The molecule has 2 aromatic heterocycles. The standard InChI is InChI=1S/C16H12NS/c1-17-10-15-16(11-6-2-4-8-13(11)17)12-7-3-5-9-14(12)18-15/h2-10H,1H3/q+1. The Morgan fingerprint density at radius 1 is 0.833 bits per heavy atom. The van der Waals surface area contributed by atoms with Crippen LogP contribution in [0.2, 0.25) is 0 Å². The zero-order chi connectivity index (χ0) is 12.1. The quantitative estimate of drug-likeness (QED) is 0.415. The summed E-state index contributed by atoms with van der Waals surface area (Å²) in [5.74, 6) is 0. The summed E-state index contributed by atoms with van der Waals surface area (Å²) in [6, 6.07) is 17.3. The Hall–Kier alpha value is -1.93. The van der Waals surface area contributed by atoms with Crippen molar-refractivity contribution in [2.45, 2.75) is 0 Å². The molecule has 0 saturated heterocycles. The van der Waals surface area contributed by atoms with Gasteiger partial charge in [0.05, 0.1) is 5.39 Å². The van der Waals surface area contributed by atoms with Crippen molar-refractivity contribution in [3.8, 4) is 0 Å². The highest BCUT2D eigenvalue weighted by molar-refractivity contribution is 7.26. The molecule has 86 valence electrons. The molecule has 0 saturated carbocycles. The molecule has 2 aromatic carbocycles. The smallest absolute Gasteiger partial charge is 0.200 e. The molecule has 0 spiro atoms. The Bertz CT molecular complexity index is 889. The van der Waals surface area contributed by atoms with Gasteiger partial charge in [-0.3, -0.25) is 0 Å². The Balaban J connectivity index is 2.39. The minimum absolute atomic E-state index is 1.29. The zero-order valence-electron chi connectivity index (χ0n) is 10.1. The molecule has 0 atom stereocenters. The van der Waals surface area contributed by atoms with Gasteiger partial charge < -0.3 is 0 Å². The van der Waals surface area contributed by atoms with Crippen LogP contribution in [0.25, 0.3) is 31.1 Å². The van der Waals surface area contributed by atoms with Gasteiger partial charge in [-0.2, -0.15) is 4.57 Å². The predicted octanol–water partition coefficient (Wildman–Crippen LogP) is 4.03. The van der Waals surface area contributed by atoms with Gasteiger partial charge >= 0.3 is 0 Å². The molecule has 18 heavy (non-hydrogen) atoms. The lowest BCUT2D eigenvalue weighted by atomic mass is 10.1. The van der Waals surface area contributed by atoms with Crippen molar-refractivity contribution in [1.29, 1.82) is 0 Å². The first kappa shape index (κ1) is 10.0. The highest BCUT2D eigenvalue weighted by Gasteiger charge is 2.14. The van der Waals surface area contributed by atoms with Gasteiger partial charge in [0, 0.05) is 21.5 Å². The predicted molar refractivity (Wildman–Crippen MR) is 78.0 cm³/mol. The lowest BCUT2D eigenvalue weighted by Gasteiger charge is -1.98. The monoisotopic (exact) mass is 250 g/mol. The molecule has 0 aliphatic heterocycles. The van der Waals surface area contributed by atoms with E-state index in [1.54, 1.807) is 0 Å². The number of pyridine rings is 1. The molecule has 1 nitrogen and oxygen atoms in total. The molecule has 0 bridgehead atoms. The molecule has 0 unspecified atom stereocenters. The first-order valence-corrected chi connectivity index (χ1v) is 6.85. The van der Waals surface area contributed by atoms with E-state index in [9.17, 15) is 0 Å². The zero-order valence-corrected chi connectivity index (χ0v) is 10.9. The third kappa shape index (κ3) is 1.24. The van der Waals surface area contributed by atoms with Crippen LogP contribution in [-0.4, -0.2) is 0 Å². The minimum atomic E-state index is 1.29. The molecule has 4 aromatic rings. The molecule has 0 fully saturated rings. The van der Waals surface area contributed by atoms with Crippen LogP contribution in [0, 0.1) is 0 Å². The van der Waals surface area contributed by atoms with Gasteiger partial charge in [0.1, 0.15) is 11.7 Å². The lowest BCUT2D eigenvalue weighted by Crippen LogP contribution is -2.27. The van der Waals surface area contributed by atoms with E-state index in [-0.39, 0.29) is 0 Å². The van der Waals surface area contributed by atoms with Gasteiger partial charge in [0.15, 0.2) is 6.20 Å². The normalized spacial score (nSPS) is 11.6. The minimum Gasteiger partial charge on any atom is -0.200 e. The van der Waals surface area contributed by atoms with Crippen molar-refractivity contribution in [2.75, 3.05) is 0 Å². The summed E-state index contributed by atoms with van der Waals surface area (Å²) in [6.07, 6.45) is 2.24. The molecular formula is C16H12NS+. The summed E-state index contributed by atoms with van der Waals surface area (Å²) in [7, 11) is 2.12. The van der Waals surface area contributed by atoms with Crippen molar-refractivity contribution >= 4 is 42.4 Å². The fourth-order valence-corrected chi connectivity index (χ4v) is 3.87. The molecule has 0 N–H and O–H groups in total. The molecule has 0 radical (unpaired) electrons. The number of thiophene rings is 1. The molecule has 2 heteroatoms. The molecular weight excluding hydrogens is 238 g/mol. The van der Waals surface area contributed by atoms with Gasteiger partial charge in [-0.15, -0.1) is 11.3 Å². The van der Waals surface area contributed by atoms with Gasteiger partial charge in [-0.1, -0.05) is 30.3 Å². The number of para-hydroxylation sites is 1. The van der Waals surface area contributed by atoms with E-state index in [1.807, 2.05) is 11.3 Å². The number of benzene rings is 2. The van der Waals surface area contributed by atoms with Crippen LogP contribution in [0.15, 0.2) is 54.7 Å². The number of hydrogen-bond acceptors (Lipinski definition) is 1. The van der Waals surface area contributed by atoms with Crippen LogP contribution in [0.4, 0.5) is 0 Å². The van der Waals surface area contributed by atoms with Gasteiger partial charge in [0.2, 0.25) is 5.52 Å². The summed E-state index contributed by atoms with van der Waals surface area (Å²) >= 11 is 1.87. The number of hydrogen-bond donors (Lipinski definition) is 0. The third-order valence-corrected chi connectivity index (χ3v) is 4.59. The van der Waals surface area contributed by atoms with E-state index in [2.05, 4.69) is 66.3 Å².